The molecule has 0 unspecified atom stereocenters. The molecular formula is C14H19N4NaO2S. The summed E-state index contributed by atoms with van der Waals surface area (Å²) in [7, 11) is 1.97. The summed E-state index contributed by atoms with van der Waals surface area (Å²) >= 11 is 1.32. The van der Waals surface area contributed by atoms with E-state index in [0.717, 1.165) is 23.5 Å². The minimum Gasteiger partial charge on any atom is -0.543 e. The van der Waals surface area contributed by atoms with Crippen molar-refractivity contribution in [3.63, 3.8) is 0 Å². The van der Waals surface area contributed by atoms with Gasteiger partial charge in [-0.2, -0.15) is 5.10 Å². The molecule has 2 heterocycles. The first kappa shape index (κ1) is 19.3. The van der Waals surface area contributed by atoms with E-state index in [1.165, 1.54) is 28.0 Å². The van der Waals surface area contributed by atoms with Crippen molar-refractivity contribution in [1.82, 2.24) is 20.1 Å². The summed E-state index contributed by atoms with van der Waals surface area (Å²) in [5, 5.41) is 20.8. The van der Waals surface area contributed by atoms with Crippen LogP contribution < -0.4 is 40.0 Å². The number of carbonyl (C=O) groups excluding carboxylic acids is 1. The molecule has 0 aliphatic rings. The van der Waals surface area contributed by atoms with E-state index in [0.29, 0.717) is 13.1 Å². The van der Waals surface area contributed by atoms with E-state index in [-0.39, 0.29) is 35.3 Å². The second-order valence-electron chi connectivity index (χ2n) is 4.72. The molecule has 0 radical (unpaired) electrons. The van der Waals surface area contributed by atoms with E-state index in [2.05, 4.69) is 29.2 Å². The van der Waals surface area contributed by atoms with Gasteiger partial charge in [-0.25, -0.2) is 4.98 Å². The van der Waals surface area contributed by atoms with Gasteiger partial charge in [0.25, 0.3) is 0 Å². The molecule has 6 nitrogen and oxygen atoms in total. The topological polar surface area (TPSA) is 82.9 Å². The Hall–Kier alpha value is -0.730. The fraction of sp³-hybridized carbons (Fsp3) is 0.500. The molecule has 0 spiro atoms. The fourth-order valence-corrected chi connectivity index (χ4v) is 3.11. The Morgan fingerprint density at radius 2 is 2.09 bits per heavy atom. The molecule has 2 rings (SSSR count). The number of carboxylic acid groups (broad SMARTS) is 1. The van der Waals surface area contributed by atoms with Crippen molar-refractivity contribution in [3.05, 3.63) is 33.0 Å². The number of rotatable bonds is 7. The first-order valence-corrected chi connectivity index (χ1v) is 7.84. The maximum Gasteiger partial charge on any atom is 1.00 e. The van der Waals surface area contributed by atoms with Crippen molar-refractivity contribution < 1.29 is 39.5 Å². The van der Waals surface area contributed by atoms with Gasteiger partial charge in [0.05, 0.1) is 17.4 Å². The minimum absolute atomic E-state index is 0. The Morgan fingerprint density at radius 3 is 2.64 bits per heavy atom. The monoisotopic (exact) mass is 330 g/mol. The number of thiazole rings is 1. The summed E-state index contributed by atoms with van der Waals surface area (Å²) in [6.45, 7) is 5.46. The molecule has 0 saturated heterocycles. The van der Waals surface area contributed by atoms with Gasteiger partial charge in [-0.3, -0.25) is 4.68 Å². The maximum absolute atomic E-state index is 10.7. The van der Waals surface area contributed by atoms with Crippen molar-refractivity contribution in [2.45, 2.75) is 39.8 Å². The number of aromatic carboxylic acids is 1. The molecule has 2 aromatic rings. The van der Waals surface area contributed by atoms with Gasteiger partial charge < -0.3 is 15.2 Å². The molecule has 0 aromatic carbocycles. The standard InChI is InChI=1S/C14H20N4O2S.Na/c1-4-10-9(12(5-2)18(3)17-10)6-15-7-13-16-11(8-21-13)14(19)20;/h8,15H,4-7H2,1-3H3,(H,19,20);/q;+1/p-1. The molecule has 0 amide bonds. The van der Waals surface area contributed by atoms with Crippen LogP contribution in [0.5, 0.6) is 0 Å². The quantitative estimate of drug-likeness (QED) is 0.575. The van der Waals surface area contributed by atoms with Crippen LogP contribution in [-0.4, -0.2) is 20.7 Å². The van der Waals surface area contributed by atoms with Crippen LogP contribution in [0.3, 0.4) is 0 Å². The third kappa shape index (κ3) is 4.39. The van der Waals surface area contributed by atoms with Crippen LogP contribution in [-0.2, 0) is 33.0 Å². The first-order valence-electron chi connectivity index (χ1n) is 6.96. The third-order valence-corrected chi connectivity index (χ3v) is 4.22. The molecule has 22 heavy (non-hydrogen) atoms. The summed E-state index contributed by atoms with van der Waals surface area (Å²) in [5.41, 5.74) is 3.58. The predicted molar refractivity (Wildman–Crippen MR) is 79.0 cm³/mol. The molecule has 0 saturated carbocycles. The Morgan fingerprint density at radius 1 is 1.36 bits per heavy atom. The maximum atomic E-state index is 10.7. The van der Waals surface area contributed by atoms with Gasteiger partial charge in [0, 0.05) is 36.8 Å². The van der Waals surface area contributed by atoms with E-state index in [4.69, 9.17) is 0 Å². The number of aryl methyl sites for hydroxylation is 2. The van der Waals surface area contributed by atoms with Crippen molar-refractivity contribution in [2.24, 2.45) is 7.05 Å². The normalized spacial score (nSPS) is 10.5. The SMILES string of the molecule is CCc1nn(C)c(CC)c1CNCc1nc(C(=O)[O-])cs1.[Na+]. The molecule has 1 N–H and O–H groups in total. The van der Waals surface area contributed by atoms with Gasteiger partial charge in [0.2, 0.25) is 0 Å². The van der Waals surface area contributed by atoms with Gasteiger partial charge >= 0.3 is 29.6 Å². The summed E-state index contributed by atoms with van der Waals surface area (Å²) in [4.78, 5) is 14.7. The Labute approximate surface area is 156 Å². The van der Waals surface area contributed by atoms with Gasteiger partial charge in [-0.15, -0.1) is 11.3 Å². The second-order valence-corrected chi connectivity index (χ2v) is 5.66. The van der Waals surface area contributed by atoms with Crippen LogP contribution in [0.1, 0.15) is 46.3 Å². The van der Waals surface area contributed by atoms with Crippen LogP contribution in [0, 0.1) is 0 Å². The van der Waals surface area contributed by atoms with E-state index in [1.54, 1.807) is 0 Å². The second kappa shape index (κ2) is 8.79. The Balaban J connectivity index is 0.00000242. The number of aromatic nitrogens is 3. The van der Waals surface area contributed by atoms with E-state index in [9.17, 15) is 9.90 Å². The van der Waals surface area contributed by atoms with Crippen LogP contribution in [0.25, 0.3) is 0 Å². The predicted octanol–water partition coefficient (Wildman–Crippen LogP) is -2.34. The number of nitrogens with zero attached hydrogens (tertiary/aromatic N) is 3. The van der Waals surface area contributed by atoms with Crippen molar-refractivity contribution >= 4 is 17.3 Å². The first-order chi connectivity index (χ1) is 10.1. The number of nitrogens with one attached hydrogen (secondary N) is 1. The van der Waals surface area contributed by atoms with Gasteiger partial charge in [-0.1, -0.05) is 13.8 Å². The van der Waals surface area contributed by atoms with Gasteiger partial charge in [0.15, 0.2) is 0 Å². The third-order valence-electron chi connectivity index (χ3n) is 3.37. The Bertz CT molecular complexity index is 639. The summed E-state index contributed by atoms with van der Waals surface area (Å²) in [6, 6.07) is 0. The zero-order chi connectivity index (χ0) is 15.4. The average Bonchev–Trinajstić information content (AvgIpc) is 3.03. The van der Waals surface area contributed by atoms with E-state index >= 15 is 0 Å². The van der Waals surface area contributed by atoms with Crippen LogP contribution in [0.4, 0.5) is 0 Å². The Kier molecular flexibility index (Phi) is 7.71. The van der Waals surface area contributed by atoms with Gasteiger partial charge in [0.1, 0.15) is 5.01 Å². The molecule has 114 valence electrons. The van der Waals surface area contributed by atoms with Crippen molar-refractivity contribution in [1.29, 1.82) is 0 Å². The van der Waals surface area contributed by atoms with E-state index in [1.807, 2.05) is 11.7 Å². The average molecular weight is 330 g/mol. The van der Waals surface area contributed by atoms with Crippen molar-refractivity contribution in [2.75, 3.05) is 0 Å². The van der Waals surface area contributed by atoms with E-state index < -0.39 is 5.97 Å². The van der Waals surface area contributed by atoms with Crippen LogP contribution in [0.15, 0.2) is 5.38 Å². The molecule has 0 atom stereocenters. The number of carboxylic acids is 1. The summed E-state index contributed by atoms with van der Waals surface area (Å²) < 4.78 is 1.94. The number of hydrogen-bond acceptors (Lipinski definition) is 6. The number of carbonyl (C=O) groups is 1. The zero-order valence-electron chi connectivity index (χ0n) is 13.5. The molecule has 0 aliphatic carbocycles. The summed E-state index contributed by atoms with van der Waals surface area (Å²) in [6.07, 6.45) is 1.84. The van der Waals surface area contributed by atoms with Crippen LogP contribution >= 0.6 is 11.3 Å². The molecule has 0 bridgehead atoms. The zero-order valence-corrected chi connectivity index (χ0v) is 16.3. The summed E-state index contributed by atoms with van der Waals surface area (Å²) in [5.74, 6) is -1.23. The van der Waals surface area contributed by atoms with Gasteiger partial charge in [-0.05, 0) is 12.8 Å². The largest absolute Gasteiger partial charge is 1.00 e. The molecule has 0 aliphatic heterocycles. The van der Waals surface area contributed by atoms with Crippen LogP contribution in [0.2, 0.25) is 0 Å². The van der Waals surface area contributed by atoms with Crippen molar-refractivity contribution in [3.8, 4) is 0 Å². The molecule has 2 aromatic heterocycles. The molecular weight excluding hydrogens is 311 g/mol. The molecule has 8 heteroatoms. The fourth-order valence-electron chi connectivity index (χ4n) is 2.37. The molecule has 0 fully saturated rings. The smallest absolute Gasteiger partial charge is 0.543 e. The number of hydrogen-bond donors (Lipinski definition) is 1. The minimum atomic E-state index is -1.23.